The zero-order valence-corrected chi connectivity index (χ0v) is 50.2. The van der Waals surface area contributed by atoms with E-state index in [9.17, 15) is 11.0 Å². The zero-order chi connectivity index (χ0) is 62.0. The molecular weight excluding hydrogens is 1130 g/mol. The van der Waals surface area contributed by atoms with Crippen molar-refractivity contribution in [2.45, 2.75) is 135 Å². The molecule has 5 nitrogen and oxygen atoms in total. The van der Waals surface area contributed by atoms with Crippen molar-refractivity contribution < 1.29 is 41.3 Å². The van der Waals surface area contributed by atoms with Crippen LogP contribution in [0.4, 0.5) is 0 Å². The van der Waals surface area contributed by atoms with Crippen LogP contribution in [0.5, 0.6) is 11.5 Å². The fourth-order valence-corrected chi connectivity index (χ4v) is 10.2. The van der Waals surface area contributed by atoms with Gasteiger partial charge in [-0.1, -0.05) is 206 Å². The molecule has 10 rings (SSSR count). The van der Waals surface area contributed by atoms with Crippen LogP contribution >= 0.6 is 0 Å². The molecule has 78 heavy (non-hydrogen) atoms. The Hall–Kier alpha value is -6.55. The molecule has 3 heterocycles. The quantitative estimate of drug-likeness (QED) is 0.0956. The molecule has 0 spiro atoms. The van der Waals surface area contributed by atoms with E-state index < -0.39 is 47.2 Å². The van der Waals surface area contributed by atoms with Gasteiger partial charge in [-0.05, 0) is 132 Å². The second-order valence-corrected chi connectivity index (χ2v) is 25.7. The van der Waals surface area contributed by atoms with Crippen LogP contribution in [0, 0.1) is 40.1 Å². The number of hydrogen-bond donors (Lipinski definition) is 0. The van der Waals surface area contributed by atoms with Crippen LogP contribution in [0.25, 0.3) is 72.3 Å². The van der Waals surface area contributed by atoms with E-state index >= 15 is 0 Å². The summed E-state index contributed by atoms with van der Waals surface area (Å²) in [5.74, 6) is 1.69. The maximum Gasteiger partial charge on any atom is 0.268 e. The first kappa shape index (κ1) is 46.4. The van der Waals surface area contributed by atoms with Crippen LogP contribution in [0.1, 0.15) is 143 Å². The predicted octanol–water partition coefficient (Wildman–Crippen LogP) is 18.6. The summed E-state index contributed by atoms with van der Waals surface area (Å²) in [6, 6.07) is 53.7. The molecule has 0 radical (unpaired) electrons. The zero-order valence-electron chi connectivity index (χ0n) is 55.9. The summed E-state index contributed by atoms with van der Waals surface area (Å²) in [6.45, 7) is 28.7. The third-order valence-electron chi connectivity index (χ3n) is 13.0. The minimum absolute atomic E-state index is 0. The number of nitrogens with zero attached hydrogens (tertiary/aromatic N) is 4. The van der Waals surface area contributed by atoms with Crippen LogP contribution in [0.3, 0.4) is 0 Å². The summed E-state index contributed by atoms with van der Waals surface area (Å²) in [5.41, 5.74) is 5.65. The maximum absolute atomic E-state index is 9.66. The van der Waals surface area contributed by atoms with E-state index in [0.29, 0.717) is 67.4 Å². The topological polar surface area (TPSA) is 35.9 Å². The van der Waals surface area contributed by atoms with Crippen LogP contribution in [-0.4, -0.2) is 14.1 Å². The fourth-order valence-electron chi connectivity index (χ4n) is 10.2. The molecule has 0 aliphatic rings. The Morgan fingerprint density at radius 3 is 1.58 bits per heavy atom. The largest absolute Gasteiger partial charge is 0.510 e. The molecule has 404 valence electrons. The summed E-state index contributed by atoms with van der Waals surface area (Å²) in [7, 11) is 0. The maximum atomic E-state index is 9.66. The Kier molecular flexibility index (Phi) is 12.6. The van der Waals surface area contributed by atoms with Gasteiger partial charge in [0.05, 0.1) is 16.7 Å². The summed E-state index contributed by atoms with van der Waals surface area (Å²) in [5, 5.41) is 2.08. The number of para-hydroxylation sites is 4. The Morgan fingerprint density at radius 1 is 0.513 bits per heavy atom. The van der Waals surface area contributed by atoms with Crippen LogP contribution in [0.15, 0.2) is 152 Å². The standard InChI is InChI=1S/C72H78N4O.Pt/c1-68(2,3)43-48-34-49(44-69(4,5)6)37-52(36-48)58-25-21-26-59(53-38-50(45-70(7,8)9)35-51(39-53)46-71(10,11)12)67(58)75-47-74(63-28-18-19-29-64(63)75)55-22-20-23-56(41-55)77-57-30-31-61-60-24-16-17-27-62(60)76(65(61)42-57)66-40-54(32-33-73-66)72(13,14)15;/h16-40H,43-46H2,1-15H3;/q-2;/i43D2,44D2,45D2,46D2;. The molecule has 6 heteroatoms. The van der Waals surface area contributed by atoms with Crippen LogP contribution in [0.2, 0.25) is 0 Å². The summed E-state index contributed by atoms with van der Waals surface area (Å²) >= 11 is 0. The Labute approximate surface area is 491 Å². The molecule has 0 fully saturated rings. The Bertz CT molecular complexity index is 4010. The monoisotopic (exact) mass is 1220 g/mol. The van der Waals surface area contributed by atoms with Crippen molar-refractivity contribution in [1.29, 1.82) is 0 Å². The minimum atomic E-state index is -1.92. The van der Waals surface area contributed by atoms with Gasteiger partial charge >= 0.3 is 0 Å². The van der Waals surface area contributed by atoms with Crippen molar-refractivity contribution in [3.63, 3.8) is 0 Å². The van der Waals surface area contributed by atoms with E-state index in [2.05, 4.69) is 74.1 Å². The summed E-state index contributed by atoms with van der Waals surface area (Å²) in [6.07, 6.45) is -2.09. The molecule has 0 atom stereocenters. The second kappa shape index (κ2) is 21.3. The van der Waals surface area contributed by atoms with Gasteiger partial charge in [-0.15, -0.1) is 29.7 Å². The summed E-state index contributed by atoms with van der Waals surface area (Å²) in [4.78, 5) is 4.86. The van der Waals surface area contributed by atoms with Gasteiger partial charge < -0.3 is 13.9 Å². The van der Waals surface area contributed by atoms with Crippen LogP contribution in [-0.2, 0) is 52.0 Å². The van der Waals surface area contributed by atoms with Gasteiger partial charge in [0, 0.05) is 55.2 Å². The molecule has 0 bridgehead atoms. The molecule has 0 amide bonds. The van der Waals surface area contributed by atoms with Crippen molar-refractivity contribution in [1.82, 2.24) is 14.1 Å². The number of imidazole rings is 1. The molecule has 0 aliphatic heterocycles. The van der Waals surface area contributed by atoms with Crippen molar-refractivity contribution in [3.8, 4) is 50.9 Å². The van der Waals surface area contributed by atoms with Crippen LogP contribution < -0.4 is 9.30 Å². The molecule has 0 saturated carbocycles. The predicted molar refractivity (Wildman–Crippen MR) is 322 cm³/mol. The first-order valence-corrected chi connectivity index (χ1v) is 26.9. The van der Waals surface area contributed by atoms with Crippen molar-refractivity contribution in [2.24, 2.45) is 21.7 Å². The first-order chi connectivity index (χ1) is 39.3. The number of hydrogen-bond acceptors (Lipinski definition) is 2. The minimum Gasteiger partial charge on any atom is -0.510 e. The van der Waals surface area contributed by atoms with Crippen molar-refractivity contribution in [3.05, 3.63) is 198 Å². The van der Waals surface area contributed by atoms with Gasteiger partial charge in [0.2, 0.25) is 0 Å². The smallest absolute Gasteiger partial charge is 0.268 e. The van der Waals surface area contributed by atoms with E-state index in [-0.39, 0.29) is 26.5 Å². The Morgan fingerprint density at radius 2 is 1.03 bits per heavy atom. The number of fused-ring (bicyclic) bond motifs is 4. The number of benzene rings is 7. The van der Waals surface area contributed by atoms with Gasteiger partial charge in [0.1, 0.15) is 5.82 Å². The van der Waals surface area contributed by atoms with E-state index in [4.69, 9.17) is 9.72 Å². The molecule has 3 aromatic heterocycles. The second-order valence-electron chi connectivity index (χ2n) is 25.7. The molecule has 0 unspecified atom stereocenters. The van der Waals surface area contributed by atoms with Gasteiger partial charge in [-0.2, -0.15) is 18.2 Å². The van der Waals surface area contributed by atoms with Gasteiger partial charge in [-0.3, -0.25) is 4.57 Å². The fraction of sp³-hybridized carbons (Fsp3) is 0.333. The molecule has 0 saturated heterocycles. The van der Waals surface area contributed by atoms with Gasteiger partial charge in [0.15, 0.2) is 0 Å². The van der Waals surface area contributed by atoms with Gasteiger partial charge in [-0.25, -0.2) is 4.98 Å². The summed E-state index contributed by atoms with van der Waals surface area (Å²) < 4.78 is 90.0. The van der Waals surface area contributed by atoms with E-state index in [0.717, 1.165) is 44.2 Å². The average molecular weight is 1220 g/mol. The van der Waals surface area contributed by atoms with E-state index in [1.807, 2.05) is 202 Å². The molecule has 10 aromatic rings. The molecule has 0 aliphatic carbocycles. The normalized spacial score (nSPS) is 14.9. The van der Waals surface area contributed by atoms with Crippen molar-refractivity contribution in [2.75, 3.05) is 0 Å². The number of aromatic nitrogens is 4. The molecule has 0 N–H and O–H groups in total. The van der Waals surface area contributed by atoms with Gasteiger partial charge in [0.25, 0.3) is 6.33 Å². The van der Waals surface area contributed by atoms with E-state index in [1.165, 1.54) is 0 Å². The third kappa shape index (κ3) is 12.6. The average Bonchev–Trinajstić information content (AvgIpc) is 1.39. The number of pyridine rings is 1. The molecule has 7 aromatic carbocycles. The Balaban J connectivity index is 0.00000884. The SMILES string of the molecule is [2H]C([2H])(c1cc(-c2cccc(-c3cc(C([2H])([2H])C(C)(C)C)cc(C([2H])([2H])C(C)(C)C)c3)c2-[n+]2[c-]n(-c3[c-]c(Oc4[c-]c5c(cc4)c4ccccc4n5-c4cc(C(C)(C)C)ccn4)ccc3)c3ccccc32)cc(C([2H])([2H])C(C)(C)C)c1)C(C)(C)C.[Pt]. The first-order valence-electron chi connectivity index (χ1n) is 30.9. The third-order valence-corrected chi connectivity index (χ3v) is 13.0. The number of ether oxygens (including phenoxy) is 1. The van der Waals surface area contributed by atoms with Crippen molar-refractivity contribution >= 4 is 32.8 Å². The van der Waals surface area contributed by atoms with E-state index in [1.54, 1.807) is 12.1 Å². The molecular formula is C72H78N4OPt-2. The number of rotatable bonds is 11.